The van der Waals surface area contributed by atoms with E-state index < -0.39 is 10.2 Å². The van der Waals surface area contributed by atoms with Crippen molar-refractivity contribution in [2.75, 3.05) is 30.5 Å². The number of hydrogen-bond acceptors (Lipinski definition) is 6. The Morgan fingerprint density at radius 2 is 1.91 bits per heavy atom. The standard InChI is InChI=1S/C22H27ClN6O3S/c1-2-29-25-17-21(26-29)18-6-8-20(9-7-18)32-15-5-3-4-12-27-13-14-28(33(27,30)31)19-10-11-24-22(23)16-19/h6-11,16-17H,2-5,12-15H2,1H3. The first-order chi connectivity index (χ1) is 16.0. The Morgan fingerprint density at radius 3 is 2.64 bits per heavy atom. The summed E-state index contributed by atoms with van der Waals surface area (Å²) in [6.07, 6.45) is 5.78. The Bertz CT molecular complexity index is 1170. The van der Waals surface area contributed by atoms with Crippen LogP contribution in [0.3, 0.4) is 0 Å². The molecule has 0 atom stereocenters. The van der Waals surface area contributed by atoms with E-state index in [1.54, 1.807) is 23.1 Å². The minimum atomic E-state index is -3.52. The maximum atomic E-state index is 12.8. The second-order valence-electron chi connectivity index (χ2n) is 7.67. The number of aryl methyl sites for hydroxylation is 1. The first kappa shape index (κ1) is 23.5. The highest BCUT2D eigenvalue weighted by molar-refractivity contribution is 7.90. The molecule has 176 valence electrons. The molecule has 4 rings (SSSR count). The molecule has 2 aromatic heterocycles. The number of halogens is 1. The van der Waals surface area contributed by atoms with Crippen LogP contribution in [-0.4, -0.2) is 58.9 Å². The van der Waals surface area contributed by atoms with Gasteiger partial charge in [0.05, 0.1) is 25.0 Å². The lowest BCUT2D eigenvalue weighted by molar-refractivity contribution is 0.302. The number of pyridine rings is 1. The lowest BCUT2D eigenvalue weighted by atomic mass is 10.2. The molecule has 0 N–H and O–H groups in total. The largest absolute Gasteiger partial charge is 0.494 e. The maximum absolute atomic E-state index is 12.8. The summed E-state index contributed by atoms with van der Waals surface area (Å²) in [6, 6.07) is 11.0. The number of nitrogens with zero attached hydrogens (tertiary/aromatic N) is 6. The summed E-state index contributed by atoms with van der Waals surface area (Å²) in [5.41, 5.74) is 2.38. The van der Waals surface area contributed by atoms with Crippen molar-refractivity contribution in [1.82, 2.24) is 24.3 Å². The van der Waals surface area contributed by atoms with Gasteiger partial charge in [-0.05, 0) is 62.6 Å². The highest BCUT2D eigenvalue weighted by atomic mass is 35.5. The lowest BCUT2D eigenvalue weighted by Gasteiger charge is -2.20. The Morgan fingerprint density at radius 1 is 1.09 bits per heavy atom. The maximum Gasteiger partial charge on any atom is 0.304 e. The van der Waals surface area contributed by atoms with Crippen LogP contribution >= 0.6 is 11.6 Å². The molecule has 33 heavy (non-hydrogen) atoms. The van der Waals surface area contributed by atoms with Crippen molar-refractivity contribution >= 4 is 27.5 Å². The topological polar surface area (TPSA) is 93.5 Å². The molecule has 0 aliphatic carbocycles. The molecule has 0 bridgehead atoms. The molecule has 1 aliphatic rings. The zero-order chi connectivity index (χ0) is 23.3. The van der Waals surface area contributed by atoms with Crippen molar-refractivity contribution in [2.24, 2.45) is 0 Å². The molecule has 0 saturated carbocycles. The van der Waals surface area contributed by atoms with Crippen LogP contribution in [0.4, 0.5) is 5.69 Å². The first-order valence-corrected chi connectivity index (χ1v) is 12.8. The SMILES string of the molecule is CCn1ncc(-c2ccc(OCCCCCN3CCN(c4ccnc(Cl)c4)S3(=O)=O)cc2)n1. The van der Waals surface area contributed by atoms with Crippen molar-refractivity contribution in [1.29, 1.82) is 0 Å². The molecule has 1 aliphatic heterocycles. The molecule has 1 fully saturated rings. The molecular formula is C22H27ClN6O3S. The number of rotatable bonds is 10. The van der Waals surface area contributed by atoms with Crippen LogP contribution in [0.1, 0.15) is 26.2 Å². The molecule has 11 heteroatoms. The van der Waals surface area contributed by atoms with Crippen LogP contribution < -0.4 is 9.04 Å². The van der Waals surface area contributed by atoms with Crippen LogP contribution in [0, 0.1) is 0 Å². The number of anilines is 1. The predicted molar refractivity (Wildman–Crippen MR) is 128 cm³/mol. The predicted octanol–water partition coefficient (Wildman–Crippen LogP) is 3.63. The molecule has 3 aromatic rings. The number of unbranched alkanes of at least 4 members (excludes halogenated alkanes) is 2. The number of aromatic nitrogens is 4. The van der Waals surface area contributed by atoms with E-state index in [2.05, 4.69) is 15.2 Å². The summed E-state index contributed by atoms with van der Waals surface area (Å²) in [5, 5.41) is 8.87. The quantitative estimate of drug-likeness (QED) is 0.318. The summed E-state index contributed by atoms with van der Waals surface area (Å²) in [5.74, 6) is 0.801. The summed E-state index contributed by atoms with van der Waals surface area (Å²) in [6.45, 7) is 4.69. The first-order valence-electron chi connectivity index (χ1n) is 11.0. The van der Waals surface area contributed by atoms with E-state index in [0.717, 1.165) is 42.8 Å². The van der Waals surface area contributed by atoms with Crippen LogP contribution in [0.15, 0.2) is 48.8 Å². The number of ether oxygens (including phenoxy) is 1. The average Bonchev–Trinajstić information content (AvgIpc) is 3.40. The third kappa shape index (κ3) is 5.63. The fraction of sp³-hybridized carbons (Fsp3) is 0.409. The van der Waals surface area contributed by atoms with E-state index in [-0.39, 0.29) is 5.15 Å². The highest BCUT2D eigenvalue weighted by Gasteiger charge is 2.36. The van der Waals surface area contributed by atoms with E-state index in [9.17, 15) is 8.42 Å². The van der Waals surface area contributed by atoms with Crippen LogP contribution in [0.25, 0.3) is 11.3 Å². The van der Waals surface area contributed by atoms with E-state index >= 15 is 0 Å². The van der Waals surface area contributed by atoms with Gasteiger partial charge in [-0.1, -0.05) is 11.6 Å². The van der Waals surface area contributed by atoms with Gasteiger partial charge in [0.15, 0.2) is 0 Å². The van der Waals surface area contributed by atoms with Crippen LogP contribution in [0.5, 0.6) is 5.75 Å². The average molecular weight is 491 g/mol. The van der Waals surface area contributed by atoms with Gasteiger partial charge in [0.2, 0.25) is 0 Å². The zero-order valence-electron chi connectivity index (χ0n) is 18.5. The molecule has 0 amide bonds. The molecule has 3 heterocycles. The minimum Gasteiger partial charge on any atom is -0.494 e. The third-order valence-corrected chi connectivity index (χ3v) is 7.62. The van der Waals surface area contributed by atoms with Crippen molar-refractivity contribution in [3.05, 3.63) is 53.9 Å². The van der Waals surface area contributed by atoms with Crippen LogP contribution in [0.2, 0.25) is 5.15 Å². The molecule has 1 saturated heterocycles. The number of hydrogen-bond donors (Lipinski definition) is 0. The summed E-state index contributed by atoms with van der Waals surface area (Å²) >= 11 is 5.91. The summed E-state index contributed by atoms with van der Waals surface area (Å²) in [7, 11) is -3.52. The fourth-order valence-corrected chi connectivity index (χ4v) is 5.48. The van der Waals surface area contributed by atoms with Crippen molar-refractivity contribution in [3.8, 4) is 17.0 Å². The second-order valence-corrected chi connectivity index (χ2v) is 9.91. The van der Waals surface area contributed by atoms with Gasteiger partial charge in [-0.3, -0.25) is 4.31 Å². The van der Waals surface area contributed by atoms with Gasteiger partial charge < -0.3 is 4.74 Å². The van der Waals surface area contributed by atoms with Crippen LogP contribution in [-0.2, 0) is 16.8 Å². The van der Waals surface area contributed by atoms with Crippen molar-refractivity contribution in [2.45, 2.75) is 32.7 Å². The minimum absolute atomic E-state index is 0.278. The Kier molecular flexibility index (Phi) is 7.46. The summed E-state index contributed by atoms with van der Waals surface area (Å²) in [4.78, 5) is 5.56. The highest BCUT2D eigenvalue weighted by Crippen LogP contribution is 2.27. The van der Waals surface area contributed by atoms with E-state index in [1.807, 2.05) is 31.2 Å². The van der Waals surface area contributed by atoms with Gasteiger partial charge in [-0.25, -0.2) is 4.98 Å². The van der Waals surface area contributed by atoms with E-state index in [4.69, 9.17) is 16.3 Å². The van der Waals surface area contributed by atoms with E-state index in [1.165, 1.54) is 14.8 Å². The lowest BCUT2D eigenvalue weighted by Crippen LogP contribution is -2.33. The number of benzene rings is 1. The molecule has 0 radical (unpaired) electrons. The second kappa shape index (κ2) is 10.5. The van der Waals surface area contributed by atoms with Gasteiger partial charge in [0, 0.05) is 31.4 Å². The summed E-state index contributed by atoms with van der Waals surface area (Å²) < 4.78 is 34.4. The molecule has 0 spiro atoms. The molecular weight excluding hydrogens is 464 g/mol. The monoisotopic (exact) mass is 490 g/mol. The van der Waals surface area contributed by atoms with Gasteiger partial charge in [0.25, 0.3) is 0 Å². The Balaban J connectivity index is 1.18. The van der Waals surface area contributed by atoms with Gasteiger partial charge in [-0.2, -0.15) is 27.7 Å². The van der Waals surface area contributed by atoms with Gasteiger partial charge in [0.1, 0.15) is 16.6 Å². The molecule has 9 nitrogen and oxygen atoms in total. The smallest absolute Gasteiger partial charge is 0.304 e. The normalized spacial score (nSPS) is 15.8. The van der Waals surface area contributed by atoms with Crippen molar-refractivity contribution in [3.63, 3.8) is 0 Å². The molecule has 1 aromatic carbocycles. The van der Waals surface area contributed by atoms with Gasteiger partial charge in [-0.15, -0.1) is 0 Å². The fourth-order valence-electron chi connectivity index (χ4n) is 3.67. The van der Waals surface area contributed by atoms with E-state index in [0.29, 0.717) is 31.9 Å². The Hall–Kier alpha value is -2.69. The van der Waals surface area contributed by atoms with Gasteiger partial charge >= 0.3 is 10.2 Å². The molecule has 0 unspecified atom stereocenters. The zero-order valence-corrected chi connectivity index (χ0v) is 20.0. The van der Waals surface area contributed by atoms with Crippen molar-refractivity contribution < 1.29 is 13.2 Å². The Labute approximate surface area is 199 Å². The third-order valence-electron chi connectivity index (χ3n) is 5.45.